The van der Waals surface area contributed by atoms with Gasteiger partial charge in [0.15, 0.2) is 0 Å². The van der Waals surface area contributed by atoms with E-state index in [0.29, 0.717) is 6.26 Å². The predicted molar refractivity (Wildman–Crippen MR) is 23.3 cm³/mol. The van der Waals surface area contributed by atoms with Gasteiger partial charge in [0.25, 0.3) is 0 Å². The Morgan fingerprint density at radius 2 is 2.57 bits per heavy atom. The summed E-state index contributed by atoms with van der Waals surface area (Å²) in [7, 11) is 1.31. The number of nitriles is 1. The lowest BCUT2D eigenvalue weighted by Gasteiger charge is -1.87. The van der Waals surface area contributed by atoms with Crippen molar-refractivity contribution in [2.75, 3.05) is 7.11 Å². The van der Waals surface area contributed by atoms with Gasteiger partial charge in [0.1, 0.15) is 12.3 Å². The van der Waals surface area contributed by atoms with Crippen LogP contribution in [0, 0.1) is 11.3 Å². The number of aliphatic hydroxyl groups is 1. The SMILES string of the molecule is CO/C(C#N)=C\O. The largest absolute Gasteiger partial charge is 0.511 e. The van der Waals surface area contributed by atoms with Crippen LogP contribution in [0.3, 0.4) is 0 Å². The quantitative estimate of drug-likeness (QED) is 0.386. The standard InChI is InChI=1S/C4H5NO2/c1-7-4(2-5)3-6/h3,6H,1H3/b4-3-. The van der Waals surface area contributed by atoms with Crippen molar-refractivity contribution in [3.63, 3.8) is 0 Å². The van der Waals surface area contributed by atoms with Crippen LogP contribution in [0.5, 0.6) is 0 Å². The van der Waals surface area contributed by atoms with E-state index in [2.05, 4.69) is 4.74 Å². The van der Waals surface area contributed by atoms with Crippen molar-refractivity contribution in [3.8, 4) is 6.07 Å². The van der Waals surface area contributed by atoms with E-state index in [4.69, 9.17) is 10.4 Å². The van der Waals surface area contributed by atoms with E-state index in [1.807, 2.05) is 0 Å². The molecule has 0 aromatic rings. The molecular weight excluding hydrogens is 94.0 g/mol. The fourth-order valence-corrected chi connectivity index (χ4v) is 0.127. The Morgan fingerprint density at radius 3 is 2.57 bits per heavy atom. The first-order valence-corrected chi connectivity index (χ1v) is 1.63. The second-order valence-electron chi connectivity index (χ2n) is 0.809. The minimum Gasteiger partial charge on any atom is -0.511 e. The molecule has 0 aromatic heterocycles. The van der Waals surface area contributed by atoms with Crippen LogP contribution in [-0.2, 0) is 4.74 Å². The van der Waals surface area contributed by atoms with Gasteiger partial charge in [-0.1, -0.05) is 0 Å². The number of rotatable bonds is 1. The molecule has 0 rings (SSSR count). The van der Waals surface area contributed by atoms with Crippen molar-refractivity contribution in [3.05, 3.63) is 12.0 Å². The van der Waals surface area contributed by atoms with Crippen LogP contribution in [-0.4, -0.2) is 12.2 Å². The highest BCUT2D eigenvalue weighted by Gasteiger charge is 1.84. The normalized spacial score (nSPS) is 10.0. The first-order chi connectivity index (χ1) is 3.35. The Kier molecular flexibility index (Phi) is 2.53. The van der Waals surface area contributed by atoms with Gasteiger partial charge in [-0.05, 0) is 0 Å². The average Bonchev–Trinajstić information content (AvgIpc) is 1.72. The smallest absolute Gasteiger partial charge is 0.231 e. The summed E-state index contributed by atoms with van der Waals surface area (Å²) in [5, 5.41) is 15.9. The van der Waals surface area contributed by atoms with Crippen LogP contribution < -0.4 is 0 Å². The average molecular weight is 99.1 g/mol. The van der Waals surface area contributed by atoms with Crippen LogP contribution in [0.2, 0.25) is 0 Å². The Morgan fingerprint density at radius 1 is 2.00 bits per heavy atom. The second-order valence-corrected chi connectivity index (χ2v) is 0.809. The minimum absolute atomic E-state index is 0.0833. The molecule has 0 aromatic carbocycles. The van der Waals surface area contributed by atoms with Crippen molar-refractivity contribution in [1.82, 2.24) is 0 Å². The van der Waals surface area contributed by atoms with E-state index in [-0.39, 0.29) is 5.76 Å². The summed E-state index contributed by atoms with van der Waals surface area (Å²) in [6.45, 7) is 0. The third-order valence-electron chi connectivity index (χ3n) is 0.447. The summed E-state index contributed by atoms with van der Waals surface area (Å²) in [6.07, 6.45) is 0.611. The molecule has 3 nitrogen and oxygen atoms in total. The highest BCUT2D eigenvalue weighted by Crippen LogP contribution is 1.86. The second kappa shape index (κ2) is 3.04. The van der Waals surface area contributed by atoms with Crippen molar-refractivity contribution < 1.29 is 9.84 Å². The van der Waals surface area contributed by atoms with E-state index < -0.39 is 0 Å². The minimum atomic E-state index is -0.0833. The van der Waals surface area contributed by atoms with Gasteiger partial charge in [0.2, 0.25) is 5.76 Å². The summed E-state index contributed by atoms with van der Waals surface area (Å²) in [4.78, 5) is 0. The van der Waals surface area contributed by atoms with Gasteiger partial charge in [-0.3, -0.25) is 0 Å². The molecule has 0 aliphatic heterocycles. The van der Waals surface area contributed by atoms with Crippen LogP contribution in [0.1, 0.15) is 0 Å². The van der Waals surface area contributed by atoms with Crippen molar-refractivity contribution in [2.24, 2.45) is 0 Å². The lowest BCUT2D eigenvalue weighted by Crippen LogP contribution is -1.78. The summed E-state index contributed by atoms with van der Waals surface area (Å²) in [5.41, 5.74) is 0. The van der Waals surface area contributed by atoms with Gasteiger partial charge in [0.05, 0.1) is 7.11 Å². The molecule has 0 aliphatic rings. The highest BCUT2D eigenvalue weighted by molar-refractivity contribution is 5.08. The maximum Gasteiger partial charge on any atom is 0.231 e. The van der Waals surface area contributed by atoms with Gasteiger partial charge >= 0.3 is 0 Å². The van der Waals surface area contributed by atoms with Crippen molar-refractivity contribution >= 4 is 0 Å². The van der Waals surface area contributed by atoms with Gasteiger partial charge in [-0.25, -0.2) is 0 Å². The maximum absolute atomic E-state index is 8.02. The number of nitrogens with zero attached hydrogens (tertiary/aromatic N) is 1. The fraction of sp³-hybridized carbons (Fsp3) is 0.250. The molecule has 0 heterocycles. The molecule has 0 saturated carbocycles. The van der Waals surface area contributed by atoms with Gasteiger partial charge in [-0.2, -0.15) is 5.26 Å². The fourth-order valence-electron chi connectivity index (χ4n) is 0.127. The van der Waals surface area contributed by atoms with Crippen LogP contribution in [0.15, 0.2) is 12.0 Å². The molecule has 38 valence electrons. The molecule has 3 heteroatoms. The molecule has 0 saturated heterocycles. The third-order valence-corrected chi connectivity index (χ3v) is 0.447. The molecule has 1 N–H and O–H groups in total. The number of allylic oxidation sites excluding steroid dienone is 1. The Balaban J connectivity index is 3.68. The summed E-state index contributed by atoms with van der Waals surface area (Å²) >= 11 is 0. The third kappa shape index (κ3) is 1.66. The number of hydrogen-bond acceptors (Lipinski definition) is 3. The zero-order valence-electron chi connectivity index (χ0n) is 3.88. The van der Waals surface area contributed by atoms with Crippen molar-refractivity contribution in [1.29, 1.82) is 5.26 Å². The molecule has 0 unspecified atom stereocenters. The molecule has 0 fully saturated rings. The Hall–Kier alpha value is -1.17. The molecule has 0 spiro atoms. The lowest BCUT2D eigenvalue weighted by molar-refractivity contribution is 0.289. The first-order valence-electron chi connectivity index (χ1n) is 1.63. The maximum atomic E-state index is 8.02. The van der Waals surface area contributed by atoms with E-state index in [1.54, 1.807) is 6.07 Å². The molecule has 0 atom stereocenters. The van der Waals surface area contributed by atoms with Crippen molar-refractivity contribution in [2.45, 2.75) is 0 Å². The summed E-state index contributed by atoms with van der Waals surface area (Å²) in [6, 6.07) is 1.59. The monoisotopic (exact) mass is 99.0 g/mol. The van der Waals surface area contributed by atoms with E-state index in [1.165, 1.54) is 7.11 Å². The Labute approximate surface area is 41.4 Å². The van der Waals surface area contributed by atoms with Gasteiger partial charge in [0, 0.05) is 0 Å². The van der Waals surface area contributed by atoms with Crippen LogP contribution in [0.25, 0.3) is 0 Å². The summed E-state index contributed by atoms with van der Waals surface area (Å²) in [5.74, 6) is -0.0833. The van der Waals surface area contributed by atoms with E-state index in [9.17, 15) is 0 Å². The molecule has 0 amide bonds. The first kappa shape index (κ1) is 5.83. The molecule has 0 bridgehead atoms. The van der Waals surface area contributed by atoms with Crippen LogP contribution in [0.4, 0.5) is 0 Å². The van der Waals surface area contributed by atoms with E-state index in [0.717, 1.165) is 0 Å². The topological polar surface area (TPSA) is 53.2 Å². The lowest BCUT2D eigenvalue weighted by atomic mass is 10.6. The number of methoxy groups -OCH3 is 1. The molecule has 7 heavy (non-hydrogen) atoms. The van der Waals surface area contributed by atoms with E-state index >= 15 is 0 Å². The summed E-state index contributed by atoms with van der Waals surface area (Å²) < 4.78 is 4.30. The molecule has 0 radical (unpaired) electrons. The highest BCUT2D eigenvalue weighted by atomic mass is 16.5. The molecule has 0 aliphatic carbocycles. The van der Waals surface area contributed by atoms with Gasteiger partial charge in [-0.15, -0.1) is 0 Å². The number of ether oxygens (including phenoxy) is 1. The van der Waals surface area contributed by atoms with Crippen LogP contribution >= 0.6 is 0 Å². The number of hydrogen-bond donors (Lipinski definition) is 1. The number of aliphatic hydroxyl groups excluding tert-OH is 1. The van der Waals surface area contributed by atoms with Gasteiger partial charge < -0.3 is 9.84 Å². The Bertz CT molecular complexity index is 111. The zero-order chi connectivity index (χ0) is 5.70. The zero-order valence-corrected chi connectivity index (χ0v) is 3.88. The molecular formula is C4H5NO2. The predicted octanol–water partition coefficient (Wildman–Crippen LogP) is 0.556.